The van der Waals surface area contributed by atoms with E-state index in [1.54, 1.807) is 6.07 Å². The van der Waals surface area contributed by atoms with E-state index in [1.165, 1.54) is 6.07 Å². The first-order chi connectivity index (χ1) is 7.20. The summed E-state index contributed by atoms with van der Waals surface area (Å²) in [5, 5.41) is 3.16. The first-order valence-corrected chi connectivity index (χ1v) is 5.49. The summed E-state index contributed by atoms with van der Waals surface area (Å²) in [6, 6.07) is 5.67. The third-order valence-corrected chi connectivity index (χ3v) is 2.80. The second-order valence-corrected chi connectivity index (χ2v) is 4.20. The van der Waals surface area contributed by atoms with Crippen molar-refractivity contribution in [3.8, 4) is 0 Å². The Kier molecular flexibility index (Phi) is 2.80. The van der Waals surface area contributed by atoms with Crippen molar-refractivity contribution in [1.82, 2.24) is 0 Å². The van der Waals surface area contributed by atoms with Crippen LogP contribution in [-0.2, 0) is 0 Å². The monoisotopic (exact) mass is 208 g/mol. The number of benzene rings is 1. The Hall–Kier alpha value is -1.25. The number of para-hydroxylation sites is 1. The van der Waals surface area contributed by atoms with Gasteiger partial charge in [0.1, 0.15) is 5.82 Å². The number of fused-ring (bicyclic) bond motifs is 1. The second kappa shape index (κ2) is 4.09. The molecule has 15 heavy (non-hydrogen) atoms. The van der Waals surface area contributed by atoms with Gasteiger partial charge in [0.25, 0.3) is 0 Å². The van der Waals surface area contributed by atoms with Crippen LogP contribution >= 0.6 is 0 Å². The molecule has 0 atom stereocenters. The highest BCUT2D eigenvalue weighted by Crippen LogP contribution is 2.31. The number of anilines is 2. The molecule has 3 heteroatoms. The summed E-state index contributed by atoms with van der Waals surface area (Å²) < 4.78 is 13.6. The molecule has 1 aromatic rings. The molecule has 0 radical (unpaired) electrons. The summed E-state index contributed by atoms with van der Waals surface area (Å²) in [6.45, 7) is 6.11. The van der Waals surface area contributed by atoms with Crippen molar-refractivity contribution < 1.29 is 4.39 Å². The van der Waals surface area contributed by atoms with Gasteiger partial charge in [0.2, 0.25) is 0 Å². The van der Waals surface area contributed by atoms with E-state index < -0.39 is 0 Å². The fourth-order valence-corrected chi connectivity index (χ4v) is 2.05. The fraction of sp³-hybridized carbons (Fsp3) is 0.500. The minimum Gasteiger partial charge on any atom is -0.381 e. The molecule has 0 bridgehead atoms. The maximum absolute atomic E-state index is 13.6. The number of rotatable bonds is 1. The quantitative estimate of drug-likeness (QED) is 0.763. The van der Waals surface area contributed by atoms with Gasteiger partial charge in [0, 0.05) is 19.1 Å². The minimum absolute atomic E-state index is 0.153. The van der Waals surface area contributed by atoms with Crippen molar-refractivity contribution in [1.29, 1.82) is 0 Å². The second-order valence-electron chi connectivity index (χ2n) is 4.20. The molecule has 1 aliphatic heterocycles. The van der Waals surface area contributed by atoms with Gasteiger partial charge in [-0.25, -0.2) is 4.39 Å². The van der Waals surface area contributed by atoms with Crippen LogP contribution < -0.4 is 10.2 Å². The Morgan fingerprint density at radius 1 is 1.40 bits per heavy atom. The number of nitrogens with zero attached hydrogens (tertiary/aromatic N) is 1. The van der Waals surface area contributed by atoms with Crippen molar-refractivity contribution in [2.45, 2.75) is 26.3 Å². The summed E-state index contributed by atoms with van der Waals surface area (Å²) in [4.78, 5) is 2.25. The smallest absolute Gasteiger partial charge is 0.148 e. The van der Waals surface area contributed by atoms with E-state index >= 15 is 0 Å². The van der Waals surface area contributed by atoms with Gasteiger partial charge in [-0.3, -0.25) is 0 Å². The SMILES string of the molecule is CC(C)N1CCCNc2c(F)cccc21. The Bertz CT molecular complexity index is 349. The average Bonchev–Trinajstić information content (AvgIpc) is 2.40. The topological polar surface area (TPSA) is 15.3 Å². The third-order valence-electron chi connectivity index (χ3n) is 2.80. The van der Waals surface area contributed by atoms with Crippen molar-refractivity contribution in [3.63, 3.8) is 0 Å². The van der Waals surface area contributed by atoms with Crippen molar-refractivity contribution in [3.05, 3.63) is 24.0 Å². The molecule has 1 aromatic carbocycles. The van der Waals surface area contributed by atoms with Crippen LogP contribution in [0.15, 0.2) is 18.2 Å². The summed E-state index contributed by atoms with van der Waals surface area (Å²) in [6.07, 6.45) is 1.05. The highest BCUT2D eigenvalue weighted by atomic mass is 19.1. The number of nitrogens with one attached hydrogen (secondary N) is 1. The molecule has 0 amide bonds. The normalized spacial score (nSPS) is 15.9. The molecule has 1 N–H and O–H groups in total. The molecule has 82 valence electrons. The third kappa shape index (κ3) is 1.91. The molecule has 0 aliphatic carbocycles. The van der Waals surface area contributed by atoms with E-state index in [4.69, 9.17) is 0 Å². The van der Waals surface area contributed by atoms with Gasteiger partial charge in [-0.2, -0.15) is 0 Å². The predicted octanol–water partition coefficient (Wildman–Crippen LogP) is 2.86. The highest BCUT2D eigenvalue weighted by Gasteiger charge is 2.19. The zero-order valence-electron chi connectivity index (χ0n) is 9.26. The van der Waals surface area contributed by atoms with Crippen LogP contribution in [0.2, 0.25) is 0 Å². The van der Waals surface area contributed by atoms with Gasteiger partial charge < -0.3 is 10.2 Å². The zero-order chi connectivity index (χ0) is 10.8. The maximum atomic E-state index is 13.6. The maximum Gasteiger partial charge on any atom is 0.148 e. The average molecular weight is 208 g/mol. The lowest BCUT2D eigenvalue weighted by atomic mass is 10.2. The van der Waals surface area contributed by atoms with Crippen molar-refractivity contribution >= 4 is 11.4 Å². The Labute approximate surface area is 90.1 Å². The number of halogens is 1. The van der Waals surface area contributed by atoms with E-state index in [1.807, 2.05) is 6.07 Å². The zero-order valence-corrected chi connectivity index (χ0v) is 9.26. The molecule has 1 heterocycles. The number of hydrogen-bond donors (Lipinski definition) is 1. The molecule has 0 unspecified atom stereocenters. The van der Waals surface area contributed by atoms with Crippen molar-refractivity contribution in [2.24, 2.45) is 0 Å². The fourth-order valence-electron chi connectivity index (χ4n) is 2.05. The first kappa shape index (κ1) is 10.3. The van der Waals surface area contributed by atoms with Crippen LogP contribution in [-0.4, -0.2) is 19.1 Å². The van der Waals surface area contributed by atoms with Crippen LogP contribution in [0.4, 0.5) is 15.8 Å². The molecular formula is C12H17FN2. The summed E-state index contributed by atoms with van der Waals surface area (Å²) in [5.41, 5.74) is 1.64. The van der Waals surface area contributed by atoms with Gasteiger partial charge in [-0.15, -0.1) is 0 Å². The molecule has 0 spiro atoms. The van der Waals surface area contributed by atoms with Crippen LogP contribution in [0.25, 0.3) is 0 Å². The molecule has 2 nitrogen and oxygen atoms in total. The molecule has 2 rings (SSSR count). The van der Waals surface area contributed by atoms with Crippen molar-refractivity contribution in [2.75, 3.05) is 23.3 Å². The van der Waals surface area contributed by atoms with Crippen LogP contribution in [0.3, 0.4) is 0 Å². The molecule has 0 aromatic heterocycles. The van der Waals surface area contributed by atoms with E-state index in [0.717, 1.165) is 25.2 Å². The van der Waals surface area contributed by atoms with E-state index in [-0.39, 0.29) is 5.82 Å². The Balaban J connectivity index is 2.45. The summed E-state index contributed by atoms with van der Waals surface area (Å²) in [5.74, 6) is -0.153. The van der Waals surface area contributed by atoms with E-state index in [0.29, 0.717) is 11.7 Å². The van der Waals surface area contributed by atoms with E-state index in [2.05, 4.69) is 24.1 Å². The number of hydrogen-bond acceptors (Lipinski definition) is 2. The molecule has 0 saturated carbocycles. The standard InChI is InChI=1S/C12H17FN2/c1-9(2)15-8-4-7-14-12-10(13)5-3-6-11(12)15/h3,5-6,9,14H,4,7-8H2,1-2H3. The molecular weight excluding hydrogens is 191 g/mol. The van der Waals surface area contributed by atoms with Crippen LogP contribution in [0, 0.1) is 5.82 Å². The van der Waals surface area contributed by atoms with Gasteiger partial charge in [0.15, 0.2) is 0 Å². The highest BCUT2D eigenvalue weighted by molar-refractivity contribution is 5.71. The molecule has 0 fully saturated rings. The Morgan fingerprint density at radius 2 is 2.20 bits per heavy atom. The van der Waals surface area contributed by atoms with Gasteiger partial charge >= 0.3 is 0 Å². The van der Waals surface area contributed by atoms with Gasteiger partial charge in [-0.1, -0.05) is 6.07 Å². The lowest BCUT2D eigenvalue weighted by molar-refractivity contribution is 0.629. The van der Waals surface area contributed by atoms with Gasteiger partial charge in [-0.05, 0) is 32.4 Å². The summed E-state index contributed by atoms with van der Waals surface area (Å²) >= 11 is 0. The predicted molar refractivity (Wildman–Crippen MR) is 62.0 cm³/mol. The van der Waals surface area contributed by atoms with Crippen LogP contribution in [0.1, 0.15) is 20.3 Å². The lowest BCUT2D eigenvalue weighted by Crippen LogP contribution is -2.31. The van der Waals surface area contributed by atoms with E-state index in [9.17, 15) is 4.39 Å². The Morgan fingerprint density at radius 3 is 2.93 bits per heavy atom. The van der Waals surface area contributed by atoms with Gasteiger partial charge in [0.05, 0.1) is 11.4 Å². The first-order valence-electron chi connectivity index (χ1n) is 5.49. The minimum atomic E-state index is -0.153. The van der Waals surface area contributed by atoms with Crippen LogP contribution in [0.5, 0.6) is 0 Å². The molecule has 1 aliphatic rings. The lowest BCUT2D eigenvalue weighted by Gasteiger charge is -2.28. The summed E-state index contributed by atoms with van der Waals surface area (Å²) in [7, 11) is 0. The molecule has 0 saturated heterocycles. The largest absolute Gasteiger partial charge is 0.381 e.